The normalized spacial score (nSPS) is 20.7. The summed E-state index contributed by atoms with van der Waals surface area (Å²) < 4.78 is 10.7. The molecule has 0 aromatic carbocycles. The summed E-state index contributed by atoms with van der Waals surface area (Å²) in [6.45, 7) is 19.3. The van der Waals surface area contributed by atoms with E-state index in [1.165, 1.54) is 0 Å². The molecule has 59 heavy (non-hydrogen) atoms. The second kappa shape index (κ2) is 24.4. The van der Waals surface area contributed by atoms with Crippen LogP contribution in [-0.4, -0.2) is 52.8 Å². The number of hydrogen-bond acceptors (Lipinski definition) is 9. The molecule has 2 aliphatic rings. The Morgan fingerprint density at radius 2 is 0.949 bits per heavy atom. The van der Waals surface area contributed by atoms with Gasteiger partial charge in [-0.1, -0.05) is 135 Å². The Labute approximate surface area is 371 Å². The van der Waals surface area contributed by atoms with Crippen molar-refractivity contribution in [3.63, 3.8) is 0 Å². The number of carboxylic acid groups (broad SMARTS) is 2. The molecule has 312 valence electrons. The number of carbonyl (C=O) groups excluding carboxylic acids is 5. The second-order valence-corrected chi connectivity index (χ2v) is 16.1. The summed E-state index contributed by atoms with van der Waals surface area (Å²) in [7, 11) is 0. The molecular formula is C48H59NaO10. The standard InChI is InChI=1S/C48H60O10.Na/c1-31(17-13-19-33(3)21-23-37-35(5)45(55)39(29-47(37,7)8)57-43(53)27-25-41(49)50)15-11-12-16-32(2)18-14-20-34(4)22-24-38-36(6)46(56)40(30-48(38,9)10)58-44(54)28-26-42(51)52;/h11-24,39-40H,25-30H2,1-10H3,(H,49,50)(H,51,52);/q;+1/p-1/b12-11+,17-13+,18-14+,23-21+,24-22+,31-15+,32-16+,33-19+,34-20+;/t39-,40-;/m0./s1. The predicted octanol–water partition coefficient (Wildman–Crippen LogP) is 5.41. The molecule has 0 aromatic heterocycles. The Balaban J connectivity index is 0.0000174. The molecule has 0 bridgehead atoms. The van der Waals surface area contributed by atoms with Gasteiger partial charge >= 0.3 is 47.5 Å². The Morgan fingerprint density at radius 1 is 0.610 bits per heavy atom. The number of aliphatic carboxylic acids is 2. The minimum atomic E-state index is -1.34. The summed E-state index contributed by atoms with van der Waals surface area (Å²) >= 11 is 0. The van der Waals surface area contributed by atoms with E-state index in [-0.39, 0.29) is 60.4 Å². The molecule has 2 aliphatic carbocycles. The van der Waals surface area contributed by atoms with Crippen molar-refractivity contribution in [1.82, 2.24) is 0 Å². The van der Waals surface area contributed by atoms with Crippen LogP contribution < -0.4 is 34.7 Å². The largest absolute Gasteiger partial charge is 1.00 e. The smallest absolute Gasteiger partial charge is 0.550 e. The second-order valence-electron chi connectivity index (χ2n) is 16.1. The van der Waals surface area contributed by atoms with Gasteiger partial charge in [-0.3, -0.25) is 24.0 Å². The van der Waals surface area contributed by atoms with Crippen molar-refractivity contribution in [3.8, 4) is 0 Å². The van der Waals surface area contributed by atoms with Crippen molar-refractivity contribution >= 4 is 35.4 Å². The molecule has 2 atom stereocenters. The number of carboxylic acids is 2. The first kappa shape index (κ1) is 52.4. The summed E-state index contributed by atoms with van der Waals surface area (Å²) in [5.74, 6) is -4.40. The fourth-order valence-corrected chi connectivity index (χ4v) is 6.61. The molecular weight excluding hydrogens is 760 g/mol. The zero-order valence-corrected chi connectivity index (χ0v) is 38.6. The van der Waals surface area contributed by atoms with E-state index in [4.69, 9.17) is 14.6 Å². The summed E-state index contributed by atoms with van der Waals surface area (Å²) in [6, 6.07) is 0. The van der Waals surface area contributed by atoms with Crippen LogP contribution in [0.3, 0.4) is 0 Å². The molecule has 0 aromatic rings. The third kappa shape index (κ3) is 18.0. The Kier molecular flexibility index (Phi) is 21.7. The summed E-state index contributed by atoms with van der Waals surface area (Å²) in [5.41, 5.74) is 5.97. The van der Waals surface area contributed by atoms with E-state index < -0.39 is 53.3 Å². The van der Waals surface area contributed by atoms with E-state index >= 15 is 0 Å². The fourth-order valence-electron chi connectivity index (χ4n) is 6.61. The van der Waals surface area contributed by atoms with Crippen molar-refractivity contribution in [1.29, 1.82) is 0 Å². The minimum absolute atomic E-state index is 0. The Morgan fingerprint density at radius 3 is 1.31 bits per heavy atom. The molecule has 0 amide bonds. The van der Waals surface area contributed by atoms with Crippen LogP contribution in [0.2, 0.25) is 0 Å². The van der Waals surface area contributed by atoms with Gasteiger partial charge in [-0.25, -0.2) is 0 Å². The quantitative estimate of drug-likeness (QED) is 0.108. The first-order chi connectivity index (χ1) is 27.0. The van der Waals surface area contributed by atoms with Crippen molar-refractivity contribution in [2.24, 2.45) is 10.8 Å². The third-order valence-corrected chi connectivity index (χ3v) is 9.90. The van der Waals surface area contributed by atoms with Gasteiger partial charge in [0.2, 0.25) is 0 Å². The van der Waals surface area contributed by atoms with Crippen LogP contribution in [0.1, 0.15) is 108 Å². The van der Waals surface area contributed by atoms with E-state index in [0.717, 1.165) is 33.4 Å². The van der Waals surface area contributed by atoms with Crippen LogP contribution >= 0.6 is 0 Å². The number of rotatable bonds is 18. The Bertz CT molecular complexity index is 1830. The van der Waals surface area contributed by atoms with Gasteiger partial charge in [-0.05, 0) is 81.1 Å². The SMILES string of the molecule is CC1=C(/C=C/C(C)=C/C=C/C(C)=C/C=C/C=C(C)/C=C/C=C(C)/C=C/C2=C(C)C(=O)[C@@H](OC(=O)CCC(=O)O)CC2(C)C)C(C)(C)C[C@H](OC(=O)CCC(=O)[O-])C1=O.[Na+]. The van der Waals surface area contributed by atoms with Gasteiger partial charge in [-0.15, -0.1) is 0 Å². The molecule has 0 fully saturated rings. The van der Waals surface area contributed by atoms with E-state index in [1.807, 2.05) is 140 Å². The van der Waals surface area contributed by atoms with Gasteiger partial charge in [0.05, 0.1) is 19.3 Å². The molecule has 0 saturated heterocycles. The van der Waals surface area contributed by atoms with Crippen LogP contribution in [0.5, 0.6) is 0 Å². The summed E-state index contributed by atoms with van der Waals surface area (Å²) in [4.78, 5) is 71.5. The number of hydrogen-bond donors (Lipinski definition) is 1. The van der Waals surface area contributed by atoms with Gasteiger partial charge < -0.3 is 24.5 Å². The van der Waals surface area contributed by atoms with Crippen LogP contribution in [-0.2, 0) is 38.2 Å². The number of ketones is 2. The molecule has 2 rings (SSSR count). The first-order valence-corrected chi connectivity index (χ1v) is 19.4. The number of allylic oxidation sites excluding steroid dienone is 20. The summed E-state index contributed by atoms with van der Waals surface area (Å²) in [5, 5.41) is 19.5. The molecule has 0 unspecified atom stereocenters. The molecule has 1 N–H and O–H groups in total. The van der Waals surface area contributed by atoms with Crippen LogP contribution in [0, 0.1) is 10.8 Å². The average molecular weight is 819 g/mol. The molecule has 0 spiro atoms. The van der Waals surface area contributed by atoms with Crippen molar-refractivity contribution in [3.05, 3.63) is 130 Å². The molecule has 10 nitrogen and oxygen atoms in total. The van der Waals surface area contributed by atoms with Crippen LogP contribution in [0.25, 0.3) is 0 Å². The topological polar surface area (TPSA) is 164 Å². The maximum Gasteiger partial charge on any atom is 1.00 e. The fraction of sp³-hybridized carbons (Fsp3) is 0.417. The van der Waals surface area contributed by atoms with Crippen LogP contribution in [0.15, 0.2) is 130 Å². The molecule has 0 aliphatic heterocycles. The maximum absolute atomic E-state index is 13.0. The molecule has 0 heterocycles. The maximum atomic E-state index is 13.0. The van der Waals surface area contributed by atoms with E-state index in [0.29, 0.717) is 24.0 Å². The number of ether oxygens (including phenoxy) is 2. The third-order valence-electron chi connectivity index (χ3n) is 9.90. The number of Topliss-reactive ketones (excluding diaryl/α,β-unsaturated/α-hetero) is 2. The molecule has 0 radical (unpaired) electrons. The molecule has 11 heteroatoms. The van der Waals surface area contributed by atoms with Gasteiger partial charge in [0.15, 0.2) is 23.8 Å². The van der Waals surface area contributed by atoms with E-state index in [2.05, 4.69) is 0 Å². The van der Waals surface area contributed by atoms with Crippen molar-refractivity contribution in [2.75, 3.05) is 0 Å². The summed E-state index contributed by atoms with van der Waals surface area (Å²) in [6.07, 6.45) is 24.9. The van der Waals surface area contributed by atoms with Gasteiger partial charge in [0, 0.05) is 18.8 Å². The van der Waals surface area contributed by atoms with Crippen LogP contribution in [0.4, 0.5) is 0 Å². The zero-order valence-electron chi connectivity index (χ0n) is 36.6. The number of carbonyl (C=O) groups is 6. The van der Waals surface area contributed by atoms with E-state index in [1.54, 1.807) is 13.8 Å². The minimum Gasteiger partial charge on any atom is -0.550 e. The number of esters is 2. The van der Waals surface area contributed by atoms with Gasteiger partial charge in [0.1, 0.15) is 0 Å². The van der Waals surface area contributed by atoms with Gasteiger partial charge in [-0.2, -0.15) is 0 Å². The van der Waals surface area contributed by atoms with E-state index in [9.17, 15) is 33.9 Å². The van der Waals surface area contributed by atoms with Crippen molar-refractivity contribution in [2.45, 2.75) is 120 Å². The average Bonchev–Trinajstić information content (AvgIpc) is 3.12. The first-order valence-electron chi connectivity index (χ1n) is 19.4. The zero-order chi connectivity index (χ0) is 43.8. The monoisotopic (exact) mass is 818 g/mol. The molecule has 0 saturated carbocycles. The van der Waals surface area contributed by atoms with Crippen molar-refractivity contribution < 1.29 is 78.0 Å². The van der Waals surface area contributed by atoms with Gasteiger partial charge in [0.25, 0.3) is 0 Å². The predicted molar refractivity (Wildman–Crippen MR) is 224 cm³/mol. The Hall–Kier alpha value is -4.64.